The summed E-state index contributed by atoms with van der Waals surface area (Å²) in [4.78, 5) is -0.522. The zero-order valence-electron chi connectivity index (χ0n) is 12.7. The van der Waals surface area contributed by atoms with Crippen LogP contribution >= 0.6 is 23.2 Å². The predicted octanol–water partition coefficient (Wildman–Crippen LogP) is 2.80. The SMILES string of the molecule is O=S(=O)(O)c1cc(Oc2ccc(Cl)cc2)c(NCC(O)CO)cc1Cl. The minimum Gasteiger partial charge on any atom is -0.455 e. The molecule has 0 amide bonds. The van der Waals surface area contributed by atoms with Gasteiger partial charge >= 0.3 is 0 Å². The summed E-state index contributed by atoms with van der Waals surface area (Å²) in [5.41, 5.74) is 0.264. The number of aliphatic hydroxyl groups excluding tert-OH is 2. The highest BCUT2D eigenvalue weighted by atomic mass is 35.5. The van der Waals surface area contributed by atoms with Gasteiger partial charge < -0.3 is 20.3 Å². The number of halogens is 2. The summed E-state index contributed by atoms with van der Waals surface area (Å²) in [6.45, 7) is -0.494. The van der Waals surface area contributed by atoms with Gasteiger partial charge in [0.1, 0.15) is 10.6 Å². The average molecular weight is 408 g/mol. The van der Waals surface area contributed by atoms with Crippen molar-refractivity contribution in [3.63, 3.8) is 0 Å². The number of ether oxygens (including phenoxy) is 1. The van der Waals surface area contributed by atoms with Gasteiger partial charge in [-0.3, -0.25) is 4.55 Å². The van der Waals surface area contributed by atoms with Crippen LogP contribution in [0.1, 0.15) is 0 Å². The van der Waals surface area contributed by atoms with Gasteiger partial charge in [0.05, 0.1) is 23.4 Å². The Morgan fingerprint density at radius 1 is 1.16 bits per heavy atom. The molecule has 0 spiro atoms. The third-order valence-electron chi connectivity index (χ3n) is 3.09. The molecule has 7 nitrogen and oxygen atoms in total. The molecular weight excluding hydrogens is 393 g/mol. The van der Waals surface area contributed by atoms with E-state index in [1.807, 2.05) is 0 Å². The molecule has 0 radical (unpaired) electrons. The summed E-state index contributed by atoms with van der Waals surface area (Å²) in [6.07, 6.45) is -1.04. The van der Waals surface area contributed by atoms with E-state index in [9.17, 15) is 18.1 Å². The fraction of sp³-hybridized carbons (Fsp3) is 0.200. The Kier molecular flexibility index (Phi) is 6.50. The molecule has 0 aliphatic carbocycles. The lowest BCUT2D eigenvalue weighted by atomic mass is 10.2. The number of aliphatic hydroxyl groups is 2. The van der Waals surface area contributed by atoms with Gasteiger partial charge in [-0.1, -0.05) is 23.2 Å². The standard InChI is InChI=1S/C15H15Cl2NO6S/c16-9-1-3-11(4-2-9)24-14-6-15(25(21,22)23)12(17)5-13(14)18-7-10(20)8-19/h1-6,10,18-20H,7-8H2,(H,21,22,23). The molecule has 10 heteroatoms. The summed E-state index contributed by atoms with van der Waals surface area (Å²) >= 11 is 11.7. The van der Waals surface area contributed by atoms with Crippen LogP contribution < -0.4 is 10.1 Å². The first-order valence-electron chi connectivity index (χ1n) is 6.98. The number of anilines is 1. The number of hydrogen-bond donors (Lipinski definition) is 4. The Hall–Kier alpha value is -1.55. The third kappa shape index (κ3) is 5.46. The zero-order chi connectivity index (χ0) is 18.6. The Bertz CT molecular complexity index is 842. The quantitative estimate of drug-likeness (QED) is 0.521. The molecule has 0 heterocycles. The molecule has 2 aromatic rings. The second-order valence-electron chi connectivity index (χ2n) is 5.03. The van der Waals surface area contributed by atoms with E-state index >= 15 is 0 Å². The van der Waals surface area contributed by atoms with Crippen LogP contribution in [0.5, 0.6) is 11.5 Å². The normalized spacial score (nSPS) is 12.7. The first-order chi connectivity index (χ1) is 11.7. The third-order valence-corrected chi connectivity index (χ3v) is 4.66. The van der Waals surface area contributed by atoms with Crippen molar-refractivity contribution >= 4 is 39.0 Å². The molecule has 2 rings (SSSR count). The van der Waals surface area contributed by atoms with Crippen molar-refractivity contribution in [3.8, 4) is 11.5 Å². The van der Waals surface area contributed by atoms with Crippen molar-refractivity contribution in [2.24, 2.45) is 0 Å². The van der Waals surface area contributed by atoms with E-state index in [-0.39, 0.29) is 23.0 Å². The average Bonchev–Trinajstić information content (AvgIpc) is 2.55. The van der Waals surface area contributed by atoms with Crippen LogP contribution in [0.3, 0.4) is 0 Å². The molecule has 4 N–H and O–H groups in total. The number of rotatable bonds is 7. The van der Waals surface area contributed by atoms with Gasteiger partial charge in [-0.2, -0.15) is 8.42 Å². The van der Waals surface area contributed by atoms with E-state index in [2.05, 4.69) is 5.32 Å². The highest BCUT2D eigenvalue weighted by Gasteiger charge is 2.20. The molecule has 1 unspecified atom stereocenters. The van der Waals surface area contributed by atoms with E-state index in [0.717, 1.165) is 6.07 Å². The van der Waals surface area contributed by atoms with Crippen molar-refractivity contribution in [2.45, 2.75) is 11.0 Å². The first-order valence-corrected chi connectivity index (χ1v) is 9.17. The maximum atomic E-state index is 11.4. The van der Waals surface area contributed by atoms with Gasteiger partial charge in [0.25, 0.3) is 10.1 Å². The highest BCUT2D eigenvalue weighted by Crippen LogP contribution is 2.36. The minimum absolute atomic E-state index is 0.0327. The van der Waals surface area contributed by atoms with Crippen molar-refractivity contribution in [1.29, 1.82) is 0 Å². The molecule has 25 heavy (non-hydrogen) atoms. The number of nitrogens with one attached hydrogen (secondary N) is 1. The summed E-state index contributed by atoms with van der Waals surface area (Å²) in [5, 5.41) is 21.4. The van der Waals surface area contributed by atoms with Crippen LogP contribution in [0.25, 0.3) is 0 Å². The minimum atomic E-state index is -4.56. The number of benzene rings is 2. The molecule has 136 valence electrons. The molecule has 0 aliphatic heterocycles. The summed E-state index contributed by atoms with van der Waals surface area (Å²) in [5.74, 6) is 0.406. The molecule has 2 aromatic carbocycles. The maximum absolute atomic E-state index is 11.4. The lowest BCUT2D eigenvalue weighted by molar-refractivity contribution is 0.105. The predicted molar refractivity (Wildman–Crippen MR) is 94.4 cm³/mol. The molecule has 0 saturated carbocycles. The molecule has 1 atom stereocenters. The second-order valence-corrected chi connectivity index (χ2v) is 7.26. The molecule has 0 fully saturated rings. The van der Waals surface area contributed by atoms with E-state index in [1.54, 1.807) is 24.3 Å². The Morgan fingerprint density at radius 2 is 1.80 bits per heavy atom. The lowest BCUT2D eigenvalue weighted by Gasteiger charge is -2.16. The van der Waals surface area contributed by atoms with Crippen LogP contribution in [0.15, 0.2) is 41.3 Å². The van der Waals surface area contributed by atoms with E-state index in [0.29, 0.717) is 10.8 Å². The molecule has 0 aliphatic rings. The van der Waals surface area contributed by atoms with Gasteiger partial charge in [0.15, 0.2) is 5.75 Å². The fourth-order valence-corrected chi connectivity index (χ4v) is 3.02. The van der Waals surface area contributed by atoms with Gasteiger partial charge in [-0.25, -0.2) is 0 Å². The Morgan fingerprint density at radius 3 is 2.36 bits per heavy atom. The first kappa shape index (κ1) is 19.8. The van der Waals surface area contributed by atoms with Gasteiger partial charge in [-0.15, -0.1) is 0 Å². The van der Waals surface area contributed by atoms with Gasteiger partial charge in [-0.05, 0) is 30.3 Å². The molecular formula is C15H15Cl2NO6S. The smallest absolute Gasteiger partial charge is 0.296 e. The van der Waals surface area contributed by atoms with Crippen LogP contribution in [0.4, 0.5) is 5.69 Å². The Balaban J connectivity index is 2.42. The van der Waals surface area contributed by atoms with E-state index < -0.39 is 27.7 Å². The van der Waals surface area contributed by atoms with Crippen molar-refractivity contribution in [1.82, 2.24) is 0 Å². The second kappa shape index (κ2) is 8.22. The van der Waals surface area contributed by atoms with Crippen LogP contribution in [0, 0.1) is 0 Å². The van der Waals surface area contributed by atoms with Crippen molar-refractivity contribution < 1.29 is 27.9 Å². The van der Waals surface area contributed by atoms with E-state index in [1.165, 1.54) is 6.07 Å². The summed E-state index contributed by atoms with van der Waals surface area (Å²) in [6, 6.07) is 8.59. The zero-order valence-corrected chi connectivity index (χ0v) is 15.0. The monoisotopic (exact) mass is 407 g/mol. The topological polar surface area (TPSA) is 116 Å². The van der Waals surface area contributed by atoms with Crippen LogP contribution in [-0.2, 0) is 10.1 Å². The lowest BCUT2D eigenvalue weighted by Crippen LogP contribution is -2.23. The highest BCUT2D eigenvalue weighted by molar-refractivity contribution is 7.86. The molecule has 0 bridgehead atoms. The summed E-state index contributed by atoms with van der Waals surface area (Å²) in [7, 11) is -4.56. The van der Waals surface area contributed by atoms with Gasteiger partial charge in [0, 0.05) is 17.6 Å². The largest absolute Gasteiger partial charge is 0.455 e. The van der Waals surface area contributed by atoms with Crippen molar-refractivity contribution in [3.05, 3.63) is 46.4 Å². The molecule has 0 saturated heterocycles. The van der Waals surface area contributed by atoms with Crippen LogP contribution in [0.2, 0.25) is 10.0 Å². The molecule has 0 aromatic heterocycles. The van der Waals surface area contributed by atoms with E-state index in [4.69, 9.17) is 33.0 Å². The van der Waals surface area contributed by atoms with Crippen molar-refractivity contribution in [2.75, 3.05) is 18.5 Å². The van der Waals surface area contributed by atoms with Crippen LogP contribution in [-0.4, -0.2) is 42.4 Å². The number of hydrogen-bond acceptors (Lipinski definition) is 6. The summed E-state index contributed by atoms with van der Waals surface area (Å²) < 4.78 is 37.7. The fourth-order valence-electron chi connectivity index (χ4n) is 1.88. The van der Waals surface area contributed by atoms with Gasteiger partial charge in [0.2, 0.25) is 0 Å². The maximum Gasteiger partial charge on any atom is 0.296 e. The Labute approximate surface area is 154 Å².